The van der Waals surface area contributed by atoms with E-state index in [1.54, 1.807) is 13.2 Å². The van der Waals surface area contributed by atoms with E-state index in [-0.39, 0.29) is 12.1 Å². The maximum atomic E-state index is 13.1. The zero-order valence-corrected chi connectivity index (χ0v) is 18.3. The van der Waals surface area contributed by atoms with Crippen LogP contribution in [0.1, 0.15) is 36.8 Å². The molecule has 1 heterocycles. The summed E-state index contributed by atoms with van der Waals surface area (Å²) in [4.78, 5) is 2.74. The van der Waals surface area contributed by atoms with Crippen LogP contribution in [0.2, 0.25) is 0 Å². The maximum absolute atomic E-state index is 13.1. The summed E-state index contributed by atoms with van der Waals surface area (Å²) in [5.41, 5.74) is 0.519. The molecule has 1 aliphatic heterocycles. The number of methoxy groups -OCH3 is 1. The highest BCUT2D eigenvalue weighted by atomic mass is 32.2. The quantitative estimate of drug-likeness (QED) is 0.584. The minimum Gasteiger partial charge on any atom is -0.497 e. The average molecular weight is 454 g/mol. The third kappa shape index (κ3) is 5.55. The fourth-order valence-electron chi connectivity index (χ4n) is 4.14. The van der Waals surface area contributed by atoms with Crippen LogP contribution in [0.4, 0.5) is 13.2 Å². The third-order valence-corrected chi connectivity index (χ3v) is 7.63. The van der Waals surface area contributed by atoms with Gasteiger partial charge in [0.2, 0.25) is 4.90 Å². The first-order valence-electron chi connectivity index (χ1n) is 10.6. The molecule has 31 heavy (non-hydrogen) atoms. The Hall–Kier alpha value is -1.74. The van der Waals surface area contributed by atoms with Crippen molar-refractivity contribution in [1.29, 1.82) is 0 Å². The van der Waals surface area contributed by atoms with E-state index in [4.69, 9.17) is 4.74 Å². The molecule has 1 aliphatic carbocycles. The first-order valence-corrected chi connectivity index (χ1v) is 11.7. The van der Waals surface area contributed by atoms with Crippen molar-refractivity contribution in [3.8, 4) is 5.75 Å². The van der Waals surface area contributed by atoms with Gasteiger partial charge in [0, 0.05) is 25.7 Å². The Kier molecular flexibility index (Phi) is 6.81. The average Bonchev–Trinajstić information content (AvgIpc) is 3.60. The molecule has 0 radical (unpaired) electrons. The number of benzene rings is 2. The van der Waals surface area contributed by atoms with Gasteiger partial charge in [0.05, 0.1) is 24.8 Å². The van der Waals surface area contributed by atoms with Crippen molar-refractivity contribution in [3.63, 3.8) is 0 Å². The van der Waals surface area contributed by atoms with E-state index < -0.39 is 23.1 Å². The van der Waals surface area contributed by atoms with Gasteiger partial charge in [-0.3, -0.25) is 4.90 Å². The van der Waals surface area contributed by atoms with Crippen LogP contribution in [0.3, 0.4) is 0 Å². The van der Waals surface area contributed by atoms with Gasteiger partial charge < -0.3 is 4.74 Å². The standard InChI is InChI=1S/C23H28F3N2O2S/c1-30-21-9-5-17(6-10-21)16-27-13-11-20(12-14-27)28(19-7-8-19)31(29)22-4-2-3-18(15-22)23(24,25)26/h2-6,9-10,15,19-20,29H,7-8,11-14,16H2,1H3/q+1. The molecule has 2 aromatic rings. The van der Waals surface area contributed by atoms with Gasteiger partial charge in [-0.1, -0.05) is 22.5 Å². The van der Waals surface area contributed by atoms with Crippen LogP contribution in [0, 0.1) is 0 Å². The summed E-state index contributed by atoms with van der Waals surface area (Å²) in [5, 5.41) is 0. The molecule has 1 N–H and O–H groups in total. The topological polar surface area (TPSA) is 35.9 Å². The third-order valence-electron chi connectivity index (χ3n) is 5.96. The van der Waals surface area contributed by atoms with E-state index in [2.05, 4.69) is 21.3 Å². The maximum Gasteiger partial charge on any atom is 0.416 e. The van der Waals surface area contributed by atoms with E-state index in [0.717, 1.165) is 63.2 Å². The van der Waals surface area contributed by atoms with Crippen molar-refractivity contribution in [3.05, 3.63) is 59.7 Å². The van der Waals surface area contributed by atoms with Gasteiger partial charge in [0.15, 0.2) is 0 Å². The van der Waals surface area contributed by atoms with Gasteiger partial charge in [-0.05, 0) is 55.5 Å². The van der Waals surface area contributed by atoms with Crippen molar-refractivity contribution in [2.24, 2.45) is 0 Å². The number of halogens is 3. The summed E-state index contributed by atoms with van der Waals surface area (Å²) >= 11 is -1.33. The number of likely N-dealkylation sites (tertiary alicyclic amines) is 1. The van der Waals surface area contributed by atoms with Crippen molar-refractivity contribution in [2.45, 2.75) is 55.4 Å². The molecular weight excluding hydrogens is 425 g/mol. The van der Waals surface area contributed by atoms with Crippen LogP contribution in [0.15, 0.2) is 53.4 Å². The summed E-state index contributed by atoms with van der Waals surface area (Å²) in [6, 6.07) is 13.6. The highest BCUT2D eigenvalue weighted by molar-refractivity contribution is 7.89. The Morgan fingerprint density at radius 1 is 1.03 bits per heavy atom. The van der Waals surface area contributed by atoms with Gasteiger partial charge in [-0.2, -0.15) is 17.7 Å². The number of nitrogens with zero attached hydrogens (tertiary/aromatic N) is 2. The predicted octanol–water partition coefficient (Wildman–Crippen LogP) is 5.21. The largest absolute Gasteiger partial charge is 0.497 e. The molecule has 168 valence electrons. The summed E-state index contributed by atoms with van der Waals surface area (Å²) in [6.07, 6.45) is -0.618. The Morgan fingerprint density at radius 3 is 2.26 bits per heavy atom. The zero-order chi connectivity index (χ0) is 22.0. The fourth-order valence-corrected chi connectivity index (χ4v) is 5.80. The lowest BCUT2D eigenvalue weighted by molar-refractivity contribution is -0.137. The van der Waals surface area contributed by atoms with Crippen LogP contribution in [-0.4, -0.2) is 46.0 Å². The summed E-state index contributed by atoms with van der Waals surface area (Å²) in [6.45, 7) is 2.66. The van der Waals surface area contributed by atoms with Crippen molar-refractivity contribution in [2.75, 3.05) is 20.2 Å². The molecule has 4 nitrogen and oxygen atoms in total. The van der Waals surface area contributed by atoms with E-state index >= 15 is 0 Å². The van der Waals surface area contributed by atoms with Crippen LogP contribution in [-0.2, 0) is 24.1 Å². The van der Waals surface area contributed by atoms with Crippen molar-refractivity contribution >= 4 is 11.4 Å². The molecule has 0 spiro atoms. The van der Waals surface area contributed by atoms with Gasteiger partial charge in [-0.15, -0.1) is 0 Å². The SMILES string of the molecule is COc1ccc(CN2CCC(N(C3CC3)[S+](O)c3cccc(C(F)(F)F)c3)CC2)cc1. The lowest BCUT2D eigenvalue weighted by Crippen LogP contribution is -2.48. The lowest BCUT2D eigenvalue weighted by atomic mass is 10.0. The number of alkyl halides is 3. The van der Waals surface area contributed by atoms with Gasteiger partial charge in [-0.25, -0.2) is 0 Å². The molecule has 0 amide bonds. The van der Waals surface area contributed by atoms with E-state index in [0.29, 0.717) is 4.90 Å². The first-order chi connectivity index (χ1) is 14.8. The van der Waals surface area contributed by atoms with E-state index in [9.17, 15) is 17.7 Å². The highest BCUT2D eigenvalue weighted by Gasteiger charge is 2.48. The first kappa shape index (κ1) is 22.5. The van der Waals surface area contributed by atoms with Crippen LogP contribution in [0.5, 0.6) is 5.75 Å². The molecule has 1 unspecified atom stereocenters. The molecule has 2 aliphatic rings. The van der Waals surface area contributed by atoms with Crippen LogP contribution in [0.25, 0.3) is 0 Å². The number of piperidine rings is 1. The number of rotatable bonds is 7. The van der Waals surface area contributed by atoms with Crippen molar-refractivity contribution < 1.29 is 22.5 Å². The fraction of sp³-hybridized carbons (Fsp3) is 0.478. The Bertz CT molecular complexity index is 866. The molecule has 2 fully saturated rings. The summed E-state index contributed by atoms with van der Waals surface area (Å²) < 4.78 is 57.7. The zero-order valence-electron chi connectivity index (χ0n) is 17.5. The summed E-state index contributed by atoms with van der Waals surface area (Å²) in [5.74, 6) is 0.840. The molecule has 1 saturated carbocycles. The molecule has 1 saturated heterocycles. The Labute approximate surface area is 184 Å². The Balaban J connectivity index is 1.39. The molecule has 0 bridgehead atoms. The van der Waals surface area contributed by atoms with Crippen molar-refractivity contribution in [1.82, 2.24) is 9.21 Å². The number of hydrogen-bond donors (Lipinski definition) is 1. The monoisotopic (exact) mass is 453 g/mol. The van der Waals surface area contributed by atoms with Gasteiger partial charge in [0.25, 0.3) is 11.4 Å². The second-order valence-corrected chi connectivity index (χ2v) is 9.66. The highest BCUT2D eigenvalue weighted by Crippen LogP contribution is 2.38. The van der Waals surface area contributed by atoms with E-state index in [1.165, 1.54) is 11.6 Å². The van der Waals surface area contributed by atoms with E-state index in [1.807, 2.05) is 12.1 Å². The minimum absolute atomic E-state index is 0.183. The smallest absolute Gasteiger partial charge is 0.416 e. The molecule has 8 heteroatoms. The molecule has 4 rings (SSSR count). The number of ether oxygens (including phenoxy) is 1. The summed E-state index contributed by atoms with van der Waals surface area (Å²) in [7, 11) is 1.65. The minimum atomic E-state index is -4.41. The van der Waals surface area contributed by atoms with Gasteiger partial charge in [0.1, 0.15) is 5.75 Å². The second kappa shape index (κ2) is 9.40. The Morgan fingerprint density at radius 2 is 1.68 bits per heavy atom. The lowest BCUT2D eigenvalue weighted by Gasteiger charge is -2.35. The molecule has 1 atom stereocenters. The molecular formula is C23H28F3N2O2S+. The molecule has 2 aromatic carbocycles. The van der Waals surface area contributed by atoms with Crippen LogP contribution < -0.4 is 4.74 Å². The molecule has 0 aromatic heterocycles. The normalized spacial score (nSPS) is 19.5. The van der Waals surface area contributed by atoms with Crippen LogP contribution >= 0.6 is 0 Å². The second-order valence-electron chi connectivity index (χ2n) is 8.24. The predicted molar refractivity (Wildman–Crippen MR) is 116 cm³/mol. The van der Waals surface area contributed by atoms with Gasteiger partial charge >= 0.3 is 6.18 Å². The number of hydrogen-bond acceptors (Lipinski definition) is 4.